The van der Waals surface area contributed by atoms with Gasteiger partial charge >= 0.3 is 0 Å². The van der Waals surface area contributed by atoms with Gasteiger partial charge in [-0.1, -0.05) is 30.3 Å². The highest BCUT2D eigenvalue weighted by atomic mass is 35.9. The van der Waals surface area contributed by atoms with Crippen molar-refractivity contribution in [2.75, 3.05) is 0 Å². The molecule has 1 aromatic carbocycles. The van der Waals surface area contributed by atoms with Crippen molar-refractivity contribution in [2.45, 2.75) is 13.0 Å². The maximum atomic E-state index is 6.41. The lowest BCUT2D eigenvalue weighted by Gasteiger charge is -2.25. The van der Waals surface area contributed by atoms with Gasteiger partial charge in [-0.05, 0) is 68.7 Å². The van der Waals surface area contributed by atoms with Gasteiger partial charge in [-0.2, -0.15) is 13.5 Å². The fourth-order valence-electron chi connectivity index (χ4n) is 1.58. The van der Waals surface area contributed by atoms with Crippen LogP contribution in [-0.2, 0) is 0 Å². The third kappa shape index (κ3) is 4.92. The fraction of sp³-hybridized carbons (Fsp3) is 0.250. The van der Waals surface area contributed by atoms with Crippen molar-refractivity contribution in [3.63, 3.8) is 0 Å². The average molecular weight is 432 g/mol. The summed E-state index contributed by atoms with van der Waals surface area (Å²) in [6.45, 7) is -0.947. The van der Waals surface area contributed by atoms with E-state index in [-0.39, 0.29) is 6.04 Å². The van der Waals surface area contributed by atoms with Gasteiger partial charge in [0.2, 0.25) is 6.71 Å². The number of nitrogens with zero attached hydrogens (tertiary/aromatic N) is 3. The van der Waals surface area contributed by atoms with Gasteiger partial charge in [-0.25, -0.2) is 5.09 Å². The molecular formula is C8H10Cl5N4P3. The van der Waals surface area contributed by atoms with Crippen LogP contribution in [-0.4, -0.2) is 0 Å². The second-order valence-corrected chi connectivity index (χ2v) is 17.4. The number of nitrogens with one attached hydrogen (secondary N) is 1. The van der Waals surface area contributed by atoms with E-state index in [1.807, 2.05) is 37.3 Å². The van der Waals surface area contributed by atoms with E-state index in [2.05, 4.69) is 18.6 Å². The highest BCUT2D eigenvalue weighted by Gasteiger charge is 2.33. The third-order valence-corrected chi connectivity index (χ3v) is 14.8. The molecule has 0 saturated heterocycles. The Balaban J connectivity index is 2.36. The highest BCUT2D eigenvalue weighted by Crippen LogP contribution is 2.85. The number of benzene rings is 1. The summed E-state index contributed by atoms with van der Waals surface area (Å²) in [6.07, 6.45) is 0. The van der Waals surface area contributed by atoms with Gasteiger partial charge in [0.15, 0.2) is 0 Å². The topological polar surface area (TPSA) is 49.1 Å². The van der Waals surface area contributed by atoms with Crippen LogP contribution >= 0.6 is 74.7 Å². The van der Waals surface area contributed by atoms with Crippen LogP contribution in [0.2, 0.25) is 0 Å². The third-order valence-electron chi connectivity index (χ3n) is 2.32. The molecule has 0 aliphatic carbocycles. The van der Waals surface area contributed by atoms with Crippen LogP contribution in [0.15, 0.2) is 43.9 Å². The SMILES string of the molecule is CC(NP1(Cl)=NP(Cl)(Cl)=NP(Cl)(Cl)=N1)c1ccccc1. The lowest BCUT2D eigenvalue weighted by Crippen LogP contribution is -2.12. The molecule has 2 atom stereocenters. The molecule has 2 unspecified atom stereocenters. The van der Waals surface area contributed by atoms with Crippen molar-refractivity contribution >= 4 is 74.7 Å². The van der Waals surface area contributed by atoms with E-state index < -0.39 is 18.5 Å². The standard InChI is InChI=1S/C8H10Cl5N4P3/c1-7(8-5-3-2-4-6-8)14-20(13)16-18(9,10)15-19(11,12)17-20/h2-7,14H,1H3. The summed E-state index contributed by atoms with van der Waals surface area (Å²) >= 11 is 30.5. The van der Waals surface area contributed by atoms with E-state index in [0.29, 0.717) is 0 Å². The Morgan fingerprint density at radius 2 is 1.45 bits per heavy atom. The lowest BCUT2D eigenvalue weighted by molar-refractivity contribution is 0.744. The lowest BCUT2D eigenvalue weighted by atomic mass is 10.1. The van der Waals surface area contributed by atoms with E-state index >= 15 is 0 Å². The zero-order valence-corrected chi connectivity index (χ0v) is 16.5. The van der Waals surface area contributed by atoms with Gasteiger partial charge in [0.1, 0.15) is 0 Å². The van der Waals surface area contributed by atoms with Crippen molar-refractivity contribution in [2.24, 2.45) is 13.5 Å². The normalized spacial score (nSPS) is 28.7. The van der Waals surface area contributed by atoms with E-state index in [9.17, 15) is 0 Å². The molecule has 0 saturated carbocycles. The summed E-state index contributed by atoms with van der Waals surface area (Å²) < 4.78 is 12.2. The van der Waals surface area contributed by atoms with Gasteiger partial charge in [0.25, 0.3) is 11.8 Å². The smallest absolute Gasteiger partial charge is 0.246 e. The quantitative estimate of drug-likeness (QED) is 0.479. The van der Waals surface area contributed by atoms with Gasteiger partial charge in [-0.3, -0.25) is 0 Å². The summed E-state index contributed by atoms with van der Waals surface area (Å²) in [6, 6.07) is 9.61. The summed E-state index contributed by atoms with van der Waals surface area (Å²) in [5.74, 6) is -5.97. The van der Waals surface area contributed by atoms with E-state index in [0.717, 1.165) is 5.56 Å². The molecule has 1 aliphatic rings. The first-order chi connectivity index (χ1) is 9.11. The van der Waals surface area contributed by atoms with Crippen LogP contribution in [0.5, 0.6) is 0 Å². The van der Waals surface area contributed by atoms with Crippen LogP contribution in [0.1, 0.15) is 18.5 Å². The molecule has 112 valence electrons. The Labute approximate surface area is 141 Å². The Hall–Kier alpha value is 1.32. The minimum atomic E-state index is -2.99. The molecule has 0 radical (unpaired) electrons. The Morgan fingerprint density at radius 1 is 0.900 bits per heavy atom. The largest absolute Gasteiger partial charge is 0.257 e. The summed E-state index contributed by atoms with van der Waals surface area (Å²) in [7, 11) is 0. The summed E-state index contributed by atoms with van der Waals surface area (Å²) in [5.41, 5.74) is 1.03. The highest BCUT2D eigenvalue weighted by molar-refractivity contribution is 8.22. The first-order valence-electron chi connectivity index (χ1n) is 5.33. The first-order valence-corrected chi connectivity index (χ1v) is 14.9. The molecule has 0 fully saturated rings. The molecule has 4 nitrogen and oxygen atoms in total. The van der Waals surface area contributed by atoms with E-state index in [4.69, 9.17) is 56.2 Å². The number of rotatable bonds is 3. The van der Waals surface area contributed by atoms with Crippen LogP contribution < -0.4 is 5.09 Å². The molecule has 1 aromatic rings. The molecule has 20 heavy (non-hydrogen) atoms. The minimum absolute atomic E-state index is 0.103. The number of halogens is 5. The summed E-state index contributed by atoms with van der Waals surface area (Å²) in [4.78, 5) is 0. The van der Waals surface area contributed by atoms with Crippen LogP contribution in [0.25, 0.3) is 0 Å². The van der Waals surface area contributed by atoms with Gasteiger partial charge < -0.3 is 0 Å². The minimum Gasteiger partial charge on any atom is -0.246 e. The molecular weight excluding hydrogens is 422 g/mol. The predicted molar refractivity (Wildman–Crippen MR) is 95.3 cm³/mol. The van der Waals surface area contributed by atoms with Crippen molar-refractivity contribution < 1.29 is 0 Å². The predicted octanol–water partition coefficient (Wildman–Crippen LogP) is 8.38. The maximum absolute atomic E-state index is 6.41. The first kappa shape index (κ1) is 17.7. The molecule has 12 heteroatoms. The molecule has 2 rings (SSSR count). The number of hydrogen-bond donors (Lipinski definition) is 1. The van der Waals surface area contributed by atoms with Crippen LogP contribution in [0.3, 0.4) is 0 Å². The maximum Gasteiger partial charge on any atom is 0.257 e. The van der Waals surface area contributed by atoms with Crippen LogP contribution in [0, 0.1) is 0 Å². The zero-order chi connectivity index (χ0) is 15.0. The zero-order valence-electron chi connectivity index (χ0n) is 10.0. The summed E-state index contributed by atoms with van der Waals surface area (Å²) in [5, 5.41) is 3.12. The monoisotopic (exact) mass is 430 g/mol. The molecule has 0 bridgehead atoms. The molecule has 1 heterocycles. The van der Waals surface area contributed by atoms with Gasteiger partial charge in [0.05, 0.1) is 0 Å². The van der Waals surface area contributed by atoms with E-state index in [1.54, 1.807) is 0 Å². The Bertz CT molecular complexity index is 656. The van der Waals surface area contributed by atoms with Gasteiger partial charge in [-0.15, -0.1) is 0 Å². The molecule has 0 aromatic heterocycles. The van der Waals surface area contributed by atoms with E-state index in [1.165, 1.54) is 0 Å². The fourth-order valence-corrected chi connectivity index (χ4v) is 19.1. The average Bonchev–Trinajstić information content (AvgIpc) is 2.24. The second-order valence-electron chi connectivity index (χ2n) is 3.97. The Kier molecular flexibility index (Phi) is 5.69. The van der Waals surface area contributed by atoms with Crippen molar-refractivity contribution in [3.8, 4) is 0 Å². The van der Waals surface area contributed by atoms with Crippen molar-refractivity contribution in [1.29, 1.82) is 0 Å². The van der Waals surface area contributed by atoms with Gasteiger partial charge in [0, 0.05) is 6.04 Å². The molecule has 0 amide bonds. The molecule has 0 spiro atoms. The second kappa shape index (κ2) is 6.44. The molecule has 1 N–H and O–H groups in total. The van der Waals surface area contributed by atoms with Crippen molar-refractivity contribution in [3.05, 3.63) is 35.9 Å². The number of hydrogen-bond acceptors (Lipinski definition) is 4. The van der Waals surface area contributed by atoms with Crippen molar-refractivity contribution in [1.82, 2.24) is 5.09 Å². The molecule has 1 aliphatic heterocycles. The Morgan fingerprint density at radius 3 is 2.00 bits per heavy atom. The van der Waals surface area contributed by atoms with Crippen LogP contribution in [0.4, 0.5) is 0 Å².